The molecule has 35 heavy (non-hydrogen) atoms. The zero-order valence-corrected chi connectivity index (χ0v) is 20.6. The number of nitrogens with zero attached hydrogens (tertiary/aromatic N) is 3. The average Bonchev–Trinajstić information content (AvgIpc) is 3.20. The van der Waals surface area contributed by atoms with Gasteiger partial charge in [0.1, 0.15) is 5.69 Å². The molecule has 4 aromatic rings. The number of benzene rings is 3. The quantitative estimate of drug-likeness (QED) is 0.298. The number of rotatable bonds is 11. The highest BCUT2D eigenvalue weighted by atomic mass is 16.5. The van der Waals surface area contributed by atoms with Gasteiger partial charge >= 0.3 is 0 Å². The van der Waals surface area contributed by atoms with Crippen LogP contribution >= 0.6 is 0 Å². The Hall–Kier alpha value is -3.61. The Bertz CT molecular complexity index is 1210. The molecule has 0 fully saturated rings. The molecule has 1 N–H and O–H groups in total. The van der Waals surface area contributed by atoms with Crippen LogP contribution in [0.25, 0.3) is 11.3 Å². The molecule has 0 aliphatic carbocycles. The van der Waals surface area contributed by atoms with E-state index in [1.165, 1.54) is 0 Å². The number of hydrogen-bond acceptors (Lipinski definition) is 5. The zero-order valence-electron chi connectivity index (χ0n) is 20.6. The second kappa shape index (κ2) is 11.7. The predicted octanol–water partition coefficient (Wildman–Crippen LogP) is 5.83. The van der Waals surface area contributed by atoms with Crippen molar-refractivity contribution >= 4 is 0 Å². The molecule has 0 amide bonds. The van der Waals surface area contributed by atoms with Crippen molar-refractivity contribution in [1.82, 2.24) is 14.7 Å². The smallest absolute Gasteiger partial charge is 0.222 e. The molecule has 1 heterocycles. The summed E-state index contributed by atoms with van der Waals surface area (Å²) in [6, 6.07) is 27.5. The van der Waals surface area contributed by atoms with E-state index in [1.807, 2.05) is 79.8 Å². The lowest BCUT2D eigenvalue weighted by Crippen LogP contribution is -2.29. The lowest BCUT2D eigenvalue weighted by atomic mass is 10.1. The lowest BCUT2D eigenvalue weighted by Gasteiger charge is -2.25. The minimum Gasteiger partial charge on any atom is -0.493 e. The number of ether oxygens (including phenoxy) is 2. The summed E-state index contributed by atoms with van der Waals surface area (Å²) in [5.41, 5.74) is 3.77. The maximum absolute atomic E-state index is 10.9. The van der Waals surface area contributed by atoms with Crippen LogP contribution < -0.4 is 9.47 Å². The number of aromatic nitrogens is 2. The maximum atomic E-state index is 10.9. The largest absolute Gasteiger partial charge is 0.493 e. The van der Waals surface area contributed by atoms with Gasteiger partial charge < -0.3 is 14.6 Å². The van der Waals surface area contributed by atoms with Crippen molar-refractivity contribution < 1.29 is 14.6 Å². The number of aliphatic hydroxyl groups excluding tert-OH is 1. The molecule has 0 saturated carbocycles. The Kier molecular flexibility index (Phi) is 8.19. The standard InChI is InChI=1S/C29H33N3O3/c1-4-19-32(21-25(33)22-13-7-5-8-14-22)20-24-28(23-15-9-6-10-16-23)30-31(2)29(24)35-27-18-12-11-17-26(27)34-3/h5-18,25,33H,4,19-21H2,1-3H3. The van der Waals surface area contributed by atoms with Gasteiger partial charge in [-0.05, 0) is 30.7 Å². The van der Waals surface area contributed by atoms with E-state index in [0.29, 0.717) is 30.5 Å². The normalized spacial score (nSPS) is 12.0. The molecule has 0 bridgehead atoms. The summed E-state index contributed by atoms with van der Waals surface area (Å²) < 4.78 is 13.7. The molecule has 6 heteroatoms. The van der Waals surface area contributed by atoms with Crippen molar-refractivity contribution in [2.75, 3.05) is 20.2 Å². The highest BCUT2D eigenvalue weighted by Gasteiger charge is 2.24. The van der Waals surface area contributed by atoms with Crippen LogP contribution in [0.4, 0.5) is 0 Å². The first kappa shape index (κ1) is 24.5. The molecule has 0 aliphatic heterocycles. The Morgan fingerprint density at radius 1 is 0.914 bits per heavy atom. The molecule has 0 spiro atoms. The van der Waals surface area contributed by atoms with Crippen LogP contribution in [0, 0.1) is 0 Å². The van der Waals surface area contributed by atoms with Crippen molar-refractivity contribution in [3.05, 3.63) is 96.1 Å². The van der Waals surface area contributed by atoms with Gasteiger partial charge in [0.2, 0.25) is 5.88 Å². The SMILES string of the molecule is CCCN(Cc1c(-c2ccccc2)nn(C)c1Oc1ccccc1OC)CC(O)c1ccccc1. The topological polar surface area (TPSA) is 59.8 Å². The van der Waals surface area contributed by atoms with Gasteiger partial charge in [-0.1, -0.05) is 79.7 Å². The summed E-state index contributed by atoms with van der Waals surface area (Å²) in [5, 5.41) is 15.8. The van der Waals surface area contributed by atoms with Crippen LogP contribution in [0.1, 0.15) is 30.6 Å². The average molecular weight is 472 g/mol. The van der Waals surface area contributed by atoms with Crippen molar-refractivity contribution in [1.29, 1.82) is 0 Å². The highest BCUT2D eigenvalue weighted by Crippen LogP contribution is 2.37. The third kappa shape index (κ3) is 5.91. The van der Waals surface area contributed by atoms with Gasteiger partial charge in [-0.15, -0.1) is 0 Å². The second-order valence-corrected chi connectivity index (χ2v) is 8.54. The molecule has 0 aliphatic rings. The number of aryl methyl sites for hydroxylation is 1. The number of aliphatic hydroxyl groups is 1. The molecule has 1 atom stereocenters. The third-order valence-electron chi connectivity index (χ3n) is 5.95. The van der Waals surface area contributed by atoms with Gasteiger partial charge in [0, 0.05) is 25.7 Å². The fourth-order valence-electron chi connectivity index (χ4n) is 4.26. The van der Waals surface area contributed by atoms with E-state index in [-0.39, 0.29) is 0 Å². The fraction of sp³-hybridized carbons (Fsp3) is 0.276. The lowest BCUT2D eigenvalue weighted by molar-refractivity contribution is 0.108. The van der Waals surface area contributed by atoms with Gasteiger partial charge in [-0.2, -0.15) is 5.10 Å². The minimum atomic E-state index is -0.585. The molecular weight excluding hydrogens is 438 g/mol. The van der Waals surface area contributed by atoms with Crippen molar-refractivity contribution in [3.8, 4) is 28.6 Å². The Morgan fingerprint density at radius 3 is 2.20 bits per heavy atom. The maximum Gasteiger partial charge on any atom is 0.222 e. The summed E-state index contributed by atoms with van der Waals surface area (Å²) in [6.45, 7) is 4.08. The number of hydrogen-bond donors (Lipinski definition) is 1. The molecular formula is C29H33N3O3. The van der Waals surface area contributed by atoms with Crippen LogP contribution in [-0.4, -0.2) is 40.0 Å². The van der Waals surface area contributed by atoms with E-state index >= 15 is 0 Å². The van der Waals surface area contributed by atoms with Crippen LogP contribution in [-0.2, 0) is 13.6 Å². The summed E-state index contributed by atoms with van der Waals surface area (Å²) in [4.78, 5) is 2.26. The van der Waals surface area contributed by atoms with E-state index < -0.39 is 6.10 Å². The molecule has 1 aromatic heterocycles. The van der Waals surface area contributed by atoms with Gasteiger partial charge in [0.05, 0.1) is 18.8 Å². The first-order valence-electron chi connectivity index (χ1n) is 12.0. The van der Waals surface area contributed by atoms with E-state index in [1.54, 1.807) is 11.8 Å². The summed E-state index contributed by atoms with van der Waals surface area (Å²) in [5.74, 6) is 1.94. The molecule has 3 aromatic carbocycles. The van der Waals surface area contributed by atoms with Crippen LogP contribution in [0.3, 0.4) is 0 Å². The molecule has 6 nitrogen and oxygen atoms in total. The zero-order chi connectivity index (χ0) is 24.6. The Morgan fingerprint density at radius 2 is 1.54 bits per heavy atom. The minimum absolute atomic E-state index is 0.509. The molecule has 0 saturated heterocycles. The third-order valence-corrected chi connectivity index (χ3v) is 5.95. The van der Waals surface area contributed by atoms with E-state index in [2.05, 4.69) is 24.0 Å². The first-order valence-corrected chi connectivity index (χ1v) is 12.0. The van der Waals surface area contributed by atoms with E-state index in [9.17, 15) is 5.11 Å². The summed E-state index contributed by atoms with van der Waals surface area (Å²) >= 11 is 0. The summed E-state index contributed by atoms with van der Waals surface area (Å²) in [6.07, 6.45) is 0.378. The first-order chi connectivity index (χ1) is 17.1. The summed E-state index contributed by atoms with van der Waals surface area (Å²) in [7, 11) is 3.53. The van der Waals surface area contributed by atoms with Gasteiger partial charge in [-0.3, -0.25) is 4.90 Å². The molecule has 0 radical (unpaired) electrons. The van der Waals surface area contributed by atoms with Crippen molar-refractivity contribution in [2.24, 2.45) is 7.05 Å². The number of para-hydroxylation sites is 2. The van der Waals surface area contributed by atoms with Gasteiger partial charge in [0.25, 0.3) is 0 Å². The van der Waals surface area contributed by atoms with Crippen LogP contribution in [0.2, 0.25) is 0 Å². The fourth-order valence-corrected chi connectivity index (χ4v) is 4.26. The molecule has 4 rings (SSSR count). The van der Waals surface area contributed by atoms with Gasteiger partial charge in [0.15, 0.2) is 11.5 Å². The van der Waals surface area contributed by atoms with Crippen molar-refractivity contribution in [3.63, 3.8) is 0 Å². The monoisotopic (exact) mass is 471 g/mol. The highest BCUT2D eigenvalue weighted by molar-refractivity contribution is 5.66. The van der Waals surface area contributed by atoms with Crippen molar-refractivity contribution in [2.45, 2.75) is 26.0 Å². The molecule has 182 valence electrons. The second-order valence-electron chi connectivity index (χ2n) is 8.54. The van der Waals surface area contributed by atoms with E-state index in [4.69, 9.17) is 14.6 Å². The Labute approximate surface area is 207 Å². The predicted molar refractivity (Wildman–Crippen MR) is 139 cm³/mol. The van der Waals surface area contributed by atoms with Crippen LogP contribution in [0.5, 0.6) is 17.4 Å². The number of methoxy groups -OCH3 is 1. The molecule has 1 unspecified atom stereocenters. The van der Waals surface area contributed by atoms with Gasteiger partial charge in [-0.25, -0.2) is 4.68 Å². The Balaban J connectivity index is 1.71. The van der Waals surface area contributed by atoms with Crippen LogP contribution in [0.15, 0.2) is 84.9 Å². The van der Waals surface area contributed by atoms with E-state index in [0.717, 1.165) is 35.3 Å².